The Labute approximate surface area is 128 Å². The average molecular weight is 295 g/mol. The second-order valence-electron chi connectivity index (χ2n) is 4.92. The Balaban J connectivity index is 1.84. The van der Waals surface area contributed by atoms with Gasteiger partial charge in [0.05, 0.1) is 6.04 Å². The summed E-state index contributed by atoms with van der Waals surface area (Å²) in [7, 11) is 0. The summed E-state index contributed by atoms with van der Waals surface area (Å²) in [5.74, 6) is 0. The average Bonchev–Trinajstić information content (AvgIpc) is 2.94. The number of benzene rings is 2. The Morgan fingerprint density at radius 3 is 2.24 bits per heavy atom. The van der Waals surface area contributed by atoms with Crippen LogP contribution in [0.15, 0.2) is 60.7 Å². The topological polar surface area (TPSA) is 37.8 Å². The van der Waals surface area contributed by atoms with Crippen molar-refractivity contribution in [2.45, 2.75) is 19.4 Å². The molecule has 1 atom stereocenters. The lowest BCUT2D eigenvalue weighted by molar-refractivity contribution is 0.771. The van der Waals surface area contributed by atoms with Crippen molar-refractivity contribution in [1.82, 2.24) is 10.2 Å². The van der Waals surface area contributed by atoms with Gasteiger partial charge in [-0.3, -0.25) is 0 Å². The van der Waals surface area contributed by atoms with Gasteiger partial charge < -0.3 is 5.32 Å². The Bertz CT molecular complexity index is 680. The molecule has 2 aromatic carbocycles. The number of nitrogens with one attached hydrogen (secondary N) is 1. The lowest BCUT2D eigenvalue weighted by atomic mass is 9.99. The van der Waals surface area contributed by atoms with Crippen molar-refractivity contribution in [3.63, 3.8) is 0 Å². The van der Waals surface area contributed by atoms with E-state index in [1.165, 1.54) is 11.1 Å². The maximum Gasteiger partial charge on any atom is 0.206 e. The van der Waals surface area contributed by atoms with Crippen molar-refractivity contribution in [3.05, 3.63) is 76.8 Å². The Hall–Kier alpha value is -2.20. The molecule has 1 N–H and O–H groups in total. The van der Waals surface area contributed by atoms with Gasteiger partial charge in [0.1, 0.15) is 5.01 Å². The van der Waals surface area contributed by atoms with Crippen molar-refractivity contribution in [1.29, 1.82) is 0 Å². The maximum atomic E-state index is 4.18. The molecule has 0 spiro atoms. The summed E-state index contributed by atoms with van der Waals surface area (Å²) in [5, 5.41) is 13.6. The molecule has 0 radical (unpaired) electrons. The van der Waals surface area contributed by atoms with Gasteiger partial charge in [0, 0.05) is 0 Å². The van der Waals surface area contributed by atoms with E-state index in [1.807, 2.05) is 19.1 Å². The molecule has 21 heavy (non-hydrogen) atoms. The molecular formula is C17H17N3S. The van der Waals surface area contributed by atoms with Crippen LogP contribution in [0.2, 0.25) is 0 Å². The third-order valence-electron chi connectivity index (χ3n) is 3.31. The third kappa shape index (κ3) is 3.67. The molecule has 0 amide bonds. The van der Waals surface area contributed by atoms with Crippen molar-refractivity contribution in [3.8, 4) is 0 Å². The number of hydrogen-bond donors (Lipinski definition) is 1. The van der Waals surface area contributed by atoms with Crippen LogP contribution >= 0.6 is 11.3 Å². The van der Waals surface area contributed by atoms with E-state index in [-0.39, 0.29) is 6.04 Å². The van der Waals surface area contributed by atoms with E-state index in [9.17, 15) is 0 Å². The van der Waals surface area contributed by atoms with Crippen LogP contribution in [0.5, 0.6) is 0 Å². The zero-order chi connectivity index (χ0) is 14.5. The van der Waals surface area contributed by atoms with Gasteiger partial charge in [-0.2, -0.15) is 0 Å². The molecule has 3 nitrogen and oxygen atoms in total. The fraction of sp³-hybridized carbons (Fsp3) is 0.176. The second kappa shape index (κ2) is 6.50. The SMILES string of the molecule is Cc1nnc(NC(Cc2ccccc2)c2ccccc2)s1. The van der Waals surface area contributed by atoms with Gasteiger partial charge in [-0.1, -0.05) is 72.0 Å². The van der Waals surface area contributed by atoms with Crippen LogP contribution < -0.4 is 5.32 Å². The first-order valence-corrected chi connectivity index (χ1v) is 7.78. The third-order valence-corrected chi connectivity index (χ3v) is 4.08. The zero-order valence-electron chi connectivity index (χ0n) is 11.9. The van der Waals surface area contributed by atoms with E-state index >= 15 is 0 Å². The molecule has 3 rings (SSSR count). The largest absolute Gasteiger partial charge is 0.353 e. The molecule has 0 bridgehead atoms. The predicted octanol–water partition coefficient (Wildman–Crippen LogP) is 4.24. The van der Waals surface area contributed by atoms with Gasteiger partial charge in [0.25, 0.3) is 0 Å². The quantitative estimate of drug-likeness (QED) is 0.765. The molecule has 106 valence electrons. The van der Waals surface area contributed by atoms with E-state index in [0.717, 1.165) is 16.6 Å². The molecule has 4 heteroatoms. The molecule has 0 aliphatic carbocycles. The standard InChI is InChI=1S/C17H17N3S/c1-13-19-20-17(21-13)18-16(15-10-6-3-7-11-15)12-14-8-4-2-5-9-14/h2-11,16H,12H2,1H3,(H,18,20). The van der Waals surface area contributed by atoms with Gasteiger partial charge in [-0.25, -0.2) is 0 Å². The van der Waals surface area contributed by atoms with Crippen LogP contribution in [0.3, 0.4) is 0 Å². The number of hydrogen-bond acceptors (Lipinski definition) is 4. The minimum Gasteiger partial charge on any atom is -0.353 e. The molecule has 1 aromatic heterocycles. The number of nitrogens with zero attached hydrogens (tertiary/aromatic N) is 2. The van der Waals surface area contributed by atoms with E-state index in [1.54, 1.807) is 11.3 Å². The highest BCUT2D eigenvalue weighted by Crippen LogP contribution is 2.25. The summed E-state index contributed by atoms with van der Waals surface area (Å²) in [6.07, 6.45) is 0.920. The summed E-state index contributed by atoms with van der Waals surface area (Å²) < 4.78 is 0. The molecule has 0 aliphatic rings. The monoisotopic (exact) mass is 295 g/mol. The molecule has 3 aromatic rings. The Morgan fingerprint density at radius 2 is 1.62 bits per heavy atom. The maximum absolute atomic E-state index is 4.18. The molecule has 0 fully saturated rings. The molecule has 0 aliphatic heterocycles. The Kier molecular flexibility index (Phi) is 4.26. The summed E-state index contributed by atoms with van der Waals surface area (Å²) in [5.41, 5.74) is 2.56. The minimum absolute atomic E-state index is 0.195. The summed E-state index contributed by atoms with van der Waals surface area (Å²) in [6, 6.07) is 21.2. The smallest absolute Gasteiger partial charge is 0.206 e. The fourth-order valence-electron chi connectivity index (χ4n) is 2.29. The van der Waals surface area contributed by atoms with Crippen molar-refractivity contribution in [2.75, 3.05) is 5.32 Å². The van der Waals surface area contributed by atoms with Crippen molar-refractivity contribution < 1.29 is 0 Å². The minimum atomic E-state index is 0.195. The first-order chi connectivity index (χ1) is 10.3. The zero-order valence-corrected chi connectivity index (χ0v) is 12.7. The van der Waals surface area contributed by atoms with Gasteiger partial charge in [0.15, 0.2) is 0 Å². The van der Waals surface area contributed by atoms with Crippen LogP contribution in [0.4, 0.5) is 5.13 Å². The van der Waals surface area contributed by atoms with Gasteiger partial charge >= 0.3 is 0 Å². The highest BCUT2D eigenvalue weighted by molar-refractivity contribution is 7.15. The highest BCUT2D eigenvalue weighted by Gasteiger charge is 2.14. The lowest BCUT2D eigenvalue weighted by Gasteiger charge is -2.18. The van der Waals surface area contributed by atoms with Crippen molar-refractivity contribution in [2.24, 2.45) is 0 Å². The summed E-state index contributed by atoms with van der Waals surface area (Å²) in [4.78, 5) is 0. The molecule has 0 saturated carbocycles. The van der Waals surface area contributed by atoms with Crippen LogP contribution in [0.25, 0.3) is 0 Å². The molecule has 1 heterocycles. The molecular weight excluding hydrogens is 278 g/mol. The fourth-order valence-corrected chi connectivity index (χ4v) is 2.94. The first-order valence-electron chi connectivity index (χ1n) is 6.97. The molecule has 0 saturated heterocycles. The first kappa shape index (κ1) is 13.8. The highest BCUT2D eigenvalue weighted by atomic mass is 32.1. The van der Waals surface area contributed by atoms with Gasteiger partial charge in [-0.15, -0.1) is 10.2 Å². The van der Waals surface area contributed by atoms with E-state index in [2.05, 4.69) is 64.0 Å². The van der Waals surface area contributed by atoms with Crippen LogP contribution in [0, 0.1) is 6.92 Å². The number of anilines is 1. The molecule has 1 unspecified atom stereocenters. The Morgan fingerprint density at radius 1 is 0.952 bits per heavy atom. The number of rotatable bonds is 5. The van der Waals surface area contributed by atoms with Crippen LogP contribution in [-0.2, 0) is 6.42 Å². The van der Waals surface area contributed by atoms with Crippen LogP contribution in [0.1, 0.15) is 22.2 Å². The van der Waals surface area contributed by atoms with Crippen LogP contribution in [-0.4, -0.2) is 10.2 Å². The second-order valence-corrected chi connectivity index (χ2v) is 6.11. The van der Waals surface area contributed by atoms with E-state index in [4.69, 9.17) is 0 Å². The van der Waals surface area contributed by atoms with E-state index in [0.29, 0.717) is 0 Å². The van der Waals surface area contributed by atoms with E-state index < -0.39 is 0 Å². The van der Waals surface area contributed by atoms with Crippen molar-refractivity contribution >= 4 is 16.5 Å². The summed E-state index contributed by atoms with van der Waals surface area (Å²) >= 11 is 1.59. The summed E-state index contributed by atoms with van der Waals surface area (Å²) in [6.45, 7) is 1.97. The predicted molar refractivity (Wildman–Crippen MR) is 87.6 cm³/mol. The van der Waals surface area contributed by atoms with Gasteiger partial charge in [-0.05, 0) is 24.5 Å². The lowest BCUT2D eigenvalue weighted by Crippen LogP contribution is -2.13. The number of aryl methyl sites for hydroxylation is 1. The normalized spacial score (nSPS) is 12.0. The van der Waals surface area contributed by atoms with Gasteiger partial charge in [0.2, 0.25) is 5.13 Å². The number of aromatic nitrogens is 2.